The second kappa shape index (κ2) is 10.6. The predicted molar refractivity (Wildman–Crippen MR) is 162 cm³/mol. The van der Waals surface area contributed by atoms with Gasteiger partial charge < -0.3 is 15.5 Å². The molecule has 2 aromatic carbocycles. The van der Waals surface area contributed by atoms with Gasteiger partial charge in [-0.3, -0.25) is 25.0 Å². The third kappa shape index (κ3) is 4.59. The molecule has 2 amide bonds. The monoisotopic (exact) mass is 610 g/mol. The molecule has 3 atom stereocenters. The van der Waals surface area contributed by atoms with Crippen LogP contribution in [0.1, 0.15) is 5.01 Å². The van der Waals surface area contributed by atoms with Crippen LogP contribution in [0.3, 0.4) is 0 Å². The minimum absolute atomic E-state index is 0.122. The van der Waals surface area contributed by atoms with Gasteiger partial charge in [-0.05, 0) is 22.2 Å². The molecule has 4 heterocycles. The second-order valence-electron chi connectivity index (χ2n) is 9.02. The number of thiazole rings is 1. The van der Waals surface area contributed by atoms with Gasteiger partial charge in [-0.2, -0.15) is 0 Å². The maximum absolute atomic E-state index is 13.3. The molecule has 1 aromatic heterocycles. The van der Waals surface area contributed by atoms with Crippen molar-refractivity contribution in [1.82, 2.24) is 20.5 Å². The second-order valence-corrected chi connectivity index (χ2v) is 12.5. The number of nitrogens with two attached hydrogens (primary N) is 1. The Bertz CT molecular complexity index is 1640. The Labute approximate surface area is 246 Å². The number of nitrogens with zero attached hydrogens (tertiary/aromatic N) is 3. The smallest absolute Gasteiger partial charge is 0.274 e. The first-order valence-electron chi connectivity index (χ1n) is 12.0. The molecule has 3 aliphatic rings. The summed E-state index contributed by atoms with van der Waals surface area (Å²) in [4.78, 5) is 48.8. The van der Waals surface area contributed by atoms with Crippen molar-refractivity contribution in [3.05, 3.63) is 70.2 Å². The molecule has 0 bridgehead atoms. The fourth-order valence-electron chi connectivity index (χ4n) is 4.71. The number of carbonyl (C=O) groups is 3. The molecular weight excluding hydrogens is 589 g/mol. The number of carbonyl (C=O) groups excluding carboxylic acids is 3. The lowest BCUT2D eigenvalue weighted by Gasteiger charge is -2.49. The number of rotatable bonds is 7. The van der Waals surface area contributed by atoms with E-state index in [1.165, 1.54) is 35.1 Å². The molecule has 204 valence electrons. The van der Waals surface area contributed by atoms with Crippen LogP contribution < -0.4 is 16.4 Å². The first-order valence-corrected chi connectivity index (χ1v) is 15.2. The average Bonchev–Trinajstić information content (AvgIpc) is 3.63. The van der Waals surface area contributed by atoms with Crippen LogP contribution >= 0.6 is 47.5 Å². The van der Waals surface area contributed by atoms with Crippen molar-refractivity contribution in [3.8, 4) is 11.3 Å². The van der Waals surface area contributed by atoms with Crippen LogP contribution in [0.2, 0.25) is 0 Å². The molecule has 0 saturated carbocycles. The minimum Gasteiger partial charge on any atom is -0.399 e. The van der Waals surface area contributed by atoms with Gasteiger partial charge in [0.15, 0.2) is 10.7 Å². The van der Waals surface area contributed by atoms with E-state index in [0.29, 0.717) is 16.3 Å². The quantitative estimate of drug-likeness (QED) is 0.138. The van der Waals surface area contributed by atoms with Crippen LogP contribution in [0.5, 0.6) is 0 Å². The molecule has 10 nitrogen and oxygen atoms in total. The van der Waals surface area contributed by atoms with Gasteiger partial charge in [0.25, 0.3) is 11.8 Å². The highest BCUT2D eigenvalue weighted by molar-refractivity contribution is 8.04. The number of oxime groups is 1. The minimum atomic E-state index is -1.33. The van der Waals surface area contributed by atoms with Crippen LogP contribution in [-0.2, 0) is 19.2 Å². The number of fused-ring (bicyclic) bond motifs is 2. The Morgan fingerprint density at radius 1 is 1.27 bits per heavy atom. The Morgan fingerprint density at radius 3 is 2.80 bits per heavy atom. The molecule has 1 fully saturated rings. The Kier molecular flexibility index (Phi) is 7.12. The van der Waals surface area contributed by atoms with Crippen molar-refractivity contribution in [2.75, 3.05) is 12.9 Å². The van der Waals surface area contributed by atoms with Crippen LogP contribution in [0.4, 0.5) is 0 Å². The molecule has 3 aromatic rings. The van der Waals surface area contributed by atoms with E-state index < -0.39 is 33.3 Å². The largest absolute Gasteiger partial charge is 0.399 e. The zero-order valence-corrected chi connectivity index (χ0v) is 24.2. The van der Waals surface area contributed by atoms with Gasteiger partial charge in [0, 0.05) is 28.5 Å². The topological polar surface area (TPSA) is 139 Å². The highest BCUT2D eigenvalue weighted by Crippen LogP contribution is 2.45. The van der Waals surface area contributed by atoms with Gasteiger partial charge in [0.2, 0.25) is 5.12 Å². The summed E-state index contributed by atoms with van der Waals surface area (Å²) in [6, 6.07) is 13.3. The Hall–Kier alpha value is -3.30. The maximum Gasteiger partial charge on any atom is 0.274 e. The lowest BCUT2D eigenvalue weighted by atomic mass is 10.0. The van der Waals surface area contributed by atoms with Gasteiger partial charge in [-0.25, -0.2) is 4.98 Å². The fraction of sp³-hybridized carbons (Fsp3) is 0.192. The van der Waals surface area contributed by atoms with Gasteiger partial charge in [-0.15, -0.1) is 23.1 Å². The van der Waals surface area contributed by atoms with Crippen molar-refractivity contribution in [1.29, 1.82) is 0 Å². The summed E-state index contributed by atoms with van der Waals surface area (Å²) in [6.45, 7) is 0. The third-order valence-electron chi connectivity index (χ3n) is 6.63. The third-order valence-corrected chi connectivity index (χ3v) is 9.98. The van der Waals surface area contributed by atoms with E-state index in [1.54, 1.807) is 11.6 Å². The molecule has 0 spiro atoms. The van der Waals surface area contributed by atoms with Crippen LogP contribution in [0.15, 0.2) is 70.3 Å². The number of aromatic nitrogens is 1. The van der Waals surface area contributed by atoms with Gasteiger partial charge >= 0.3 is 0 Å². The van der Waals surface area contributed by atoms with E-state index in [4.69, 9.17) is 15.6 Å². The highest BCUT2D eigenvalue weighted by Gasteiger charge is 2.55. The van der Waals surface area contributed by atoms with Gasteiger partial charge in [0.05, 0.1) is 5.69 Å². The maximum atomic E-state index is 13.3. The number of amides is 2. The molecule has 0 aliphatic carbocycles. The number of hydrogen-bond acceptors (Lipinski definition) is 11. The van der Waals surface area contributed by atoms with Gasteiger partial charge in [-0.1, -0.05) is 65.9 Å². The first-order chi connectivity index (χ1) is 19.3. The molecular formula is C26H22N6O4S4. The number of hydrogen-bond donors (Lipinski definition) is 4. The fourth-order valence-corrected chi connectivity index (χ4v) is 8.00. The summed E-state index contributed by atoms with van der Waals surface area (Å²) in [5, 5.41) is 14.8. The van der Waals surface area contributed by atoms with E-state index in [1.807, 2.05) is 35.7 Å². The lowest BCUT2D eigenvalue weighted by Crippen LogP contribution is -2.72. The summed E-state index contributed by atoms with van der Waals surface area (Å²) in [6.07, 6.45) is 1.59. The van der Waals surface area contributed by atoms with Crippen molar-refractivity contribution < 1.29 is 19.2 Å². The van der Waals surface area contributed by atoms with Crippen LogP contribution in [-0.4, -0.2) is 61.8 Å². The van der Waals surface area contributed by atoms with E-state index in [9.17, 15) is 14.4 Å². The molecule has 14 heteroatoms. The molecule has 1 unspecified atom stereocenters. The number of β-lactam (4-membered cyclic amide) rings is 1. The SMILES string of the molecule is CON=C(C(=O)N[C@@H]1C(=O)N2C(C(=O)S)=C(c3nc(-c4ccc5ccccc5c4)cs3)CS[C@H]12)C1(N)NC=CS1. The van der Waals surface area contributed by atoms with Crippen LogP contribution in [0.25, 0.3) is 27.6 Å². The zero-order chi connectivity index (χ0) is 28.0. The number of nitrogens with one attached hydrogen (secondary N) is 2. The average molecular weight is 611 g/mol. The number of benzene rings is 2. The number of thioether (sulfide) groups is 2. The number of thiol groups is 1. The van der Waals surface area contributed by atoms with Crippen molar-refractivity contribution >= 4 is 86.5 Å². The van der Waals surface area contributed by atoms with E-state index in [-0.39, 0.29) is 11.4 Å². The van der Waals surface area contributed by atoms with E-state index in [0.717, 1.165) is 33.8 Å². The first kappa shape index (κ1) is 26.9. The zero-order valence-electron chi connectivity index (χ0n) is 20.9. The molecule has 1 saturated heterocycles. The van der Waals surface area contributed by atoms with E-state index >= 15 is 0 Å². The van der Waals surface area contributed by atoms with Crippen molar-refractivity contribution in [3.63, 3.8) is 0 Å². The highest BCUT2D eigenvalue weighted by atomic mass is 32.2. The molecule has 6 rings (SSSR count). The summed E-state index contributed by atoms with van der Waals surface area (Å²) in [5.41, 5.74) is 8.69. The molecule has 3 aliphatic heterocycles. The molecule has 4 N–H and O–H groups in total. The predicted octanol–water partition coefficient (Wildman–Crippen LogP) is 2.95. The standard InChI is InChI=1S/C26H22N6O4S4/c1-36-31-20(26(27)28-8-9-40-26)21(33)30-18-23(34)32-19(25(35)37)16(11-39-24(18)32)22-29-17(12-38-22)15-7-6-13-4-2-3-5-14(13)10-15/h2-10,12,18,24,28H,11,27H2,1H3,(H,30,33)(H,35,37)/t18-,24-,26?/m1/s1. The summed E-state index contributed by atoms with van der Waals surface area (Å²) < 4.78 is 0. The molecule has 40 heavy (non-hydrogen) atoms. The normalized spacial score (nSPS) is 24.0. The molecule has 0 radical (unpaired) electrons. The summed E-state index contributed by atoms with van der Waals surface area (Å²) in [7, 11) is 1.30. The Balaban J connectivity index is 1.25. The van der Waals surface area contributed by atoms with Crippen molar-refractivity contribution in [2.24, 2.45) is 10.9 Å². The summed E-state index contributed by atoms with van der Waals surface area (Å²) >= 11 is 8.07. The van der Waals surface area contributed by atoms with Crippen molar-refractivity contribution in [2.45, 2.75) is 16.4 Å². The lowest BCUT2D eigenvalue weighted by molar-refractivity contribution is -0.145. The Morgan fingerprint density at radius 2 is 2.08 bits per heavy atom. The van der Waals surface area contributed by atoms with E-state index in [2.05, 4.69) is 40.6 Å². The van der Waals surface area contributed by atoms with Gasteiger partial charge in [0.1, 0.15) is 29.2 Å². The van der Waals surface area contributed by atoms with Crippen LogP contribution in [0, 0.1) is 0 Å². The summed E-state index contributed by atoms with van der Waals surface area (Å²) in [5.74, 6) is -0.672.